The van der Waals surface area contributed by atoms with Gasteiger partial charge in [-0.2, -0.15) is 0 Å². The monoisotopic (exact) mass is 226 g/mol. The molecule has 0 atom stereocenters. The maximum absolute atomic E-state index is 8.84. The summed E-state index contributed by atoms with van der Waals surface area (Å²) in [7, 11) is 0. The second kappa shape index (κ2) is 4.52. The lowest BCUT2D eigenvalue weighted by Gasteiger charge is -2.27. The second-order valence-corrected chi connectivity index (χ2v) is 5.09. The van der Waals surface area contributed by atoms with Crippen molar-refractivity contribution < 1.29 is 2.74 Å². The Morgan fingerprint density at radius 2 is 1.65 bits per heavy atom. The average molecular weight is 226 g/mol. The van der Waals surface area contributed by atoms with Crippen LogP contribution in [-0.2, 0) is 0 Å². The average Bonchev–Trinajstić information content (AvgIpc) is 2.42. The van der Waals surface area contributed by atoms with Crippen LogP contribution in [-0.4, -0.2) is 0 Å². The van der Waals surface area contributed by atoms with E-state index in [1.165, 1.54) is 10.8 Å². The Bertz CT molecular complexity index is 586. The van der Waals surface area contributed by atoms with Gasteiger partial charge in [0.05, 0.1) is 0 Å². The molecule has 2 aromatic carbocycles. The Balaban J connectivity index is 2.05. The summed E-state index contributed by atoms with van der Waals surface area (Å²) in [5.41, 5.74) is 1.14. The molecule has 0 amide bonds. The molecular formula is C17H20. The zero-order chi connectivity index (χ0) is 13.5. The van der Waals surface area contributed by atoms with Crippen molar-refractivity contribution in [3.8, 4) is 0 Å². The van der Waals surface area contributed by atoms with Gasteiger partial charge in [0.15, 0.2) is 0 Å². The van der Waals surface area contributed by atoms with Gasteiger partial charge in [-0.15, -0.1) is 0 Å². The summed E-state index contributed by atoms with van der Waals surface area (Å²) in [6.07, 6.45) is 3.22. The lowest BCUT2D eigenvalue weighted by Crippen LogP contribution is -2.11. The van der Waals surface area contributed by atoms with Gasteiger partial charge in [-0.3, -0.25) is 0 Å². The first kappa shape index (κ1) is 8.74. The van der Waals surface area contributed by atoms with Gasteiger partial charge in [-0.05, 0) is 41.0 Å². The van der Waals surface area contributed by atoms with Crippen LogP contribution in [0.4, 0.5) is 0 Å². The molecule has 1 aliphatic carbocycles. The smallest absolute Gasteiger partial charge is 0.0352 e. The van der Waals surface area contributed by atoms with E-state index in [-0.39, 0.29) is 5.89 Å². The summed E-state index contributed by atoms with van der Waals surface area (Å²) < 4.78 is 17.0. The molecule has 0 spiro atoms. The molecule has 0 N–H and O–H groups in total. The lowest BCUT2D eigenvalue weighted by molar-refractivity contribution is 0.349. The van der Waals surface area contributed by atoms with Gasteiger partial charge in [0.1, 0.15) is 0 Å². The summed E-state index contributed by atoms with van der Waals surface area (Å²) in [5.74, 6) is -0.851. The van der Waals surface area contributed by atoms with E-state index in [1.54, 1.807) is 0 Å². The minimum atomic E-state index is -0.512. The van der Waals surface area contributed by atoms with Gasteiger partial charge in [-0.25, -0.2) is 0 Å². The predicted molar refractivity (Wildman–Crippen MR) is 74.3 cm³/mol. The molecule has 88 valence electrons. The van der Waals surface area contributed by atoms with E-state index >= 15 is 0 Å². The van der Waals surface area contributed by atoms with Gasteiger partial charge in [-0.1, -0.05) is 62.2 Å². The summed E-state index contributed by atoms with van der Waals surface area (Å²) in [4.78, 5) is 0. The van der Waals surface area contributed by atoms with Gasteiger partial charge < -0.3 is 0 Å². The molecule has 0 nitrogen and oxygen atoms in total. The highest BCUT2D eigenvalue weighted by atomic mass is 14.3. The standard InChI is InChI=1S/C17H20/c1-13-9-11-15(12-10-13)17-8-4-6-14-5-2-3-7-16(14)17/h2-8,13,15H,9-12H2,1H3/i13D,15D. The molecular weight excluding hydrogens is 204 g/mol. The number of benzene rings is 2. The SMILES string of the molecule is [2H]C1(C)CCC([2H])(c2cccc3ccccc23)CC1. The molecule has 1 aliphatic rings. The normalized spacial score (nSPS) is 35.4. The van der Waals surface area contributed by atoms with Crippen molar-refractivity contribution in [1.82, 2.24) is 0 Å². The molecule has 2 aromatic rings. The summed E-state index contributed by atoms with van der Waals surface area (Å²) in [6.45, 7) is 2.00. The van der Waals surface area contributed by atoms with Gasteiger partial charge >= 0.3 is 0 Å². The van der Waals surface area contributed by atoms with E-state index in [0.717, 1.165) is 31.2 Å². The minimum absolute atomic E-state index is 0.338. The van der Waals surface area contributed by atoms with E-state index in [4.69, 9.17) is 2.74 Å². The van der Waals surface area contributed by atoms with Crippen LogP contribution in [0.15, 0.2) is 42.5 Å². The Labute approximate surface area is 106 Å². The van der Waals surface area contributed by atoms with Crippen molar-refractivity contribution in [3.63, 3.8) is 0 Å². The molecule has 0 saturated heterocycles. The number of rotatable bonds is 1. The van der Waals surface area contributed by atoms with Crippen LogP contribution in [0.1, 0.15) is 46.8 Å². The lowest BCUT2D eigenvalue weighted by atomic mass is 9.78. The minimum Gasteiger partial charge on any atom is -0.0625 e. The van der Waals surface area contributed by atoms with Gasteiger partial charge in [0.25, 0.3) is 0 Å². The third-order valence-electron chi connectivity index (χ3n) is 3.88. The fourth-order valence-corrected chi connectivity index (χ4v) is 2.78. The quantitative estimate of drug-likeness (QED) is 0.632. The molecule has 1 fully saturated rings. The fraction of sp³-hybridized carbons (Fsp3) is 0.412. The van der Waals surface area contributed by atoms with Crippen LogP contribution in [0.2, 0.25) is 0 Å². The zero-order valence-electron chi connectivity index (χ0n) is 12.4. The van der Waals surface area contributed by atoms with Crippen molar-refractivity contribution in [2.45, 2.75) is 38.5 Å². The number of fused-ring (bicyclic) bond motifs is 1. The highest BCUT2D eigenvalue weighted by Crippen LogP contribution is 2.38. The Morgan fingerprint density at radius 3 is 2.47 bits per heavy atom. The van der Waals surface area contributed by atoms with E-state index in [0.29, 0.717) is 0 Å². The van der Waals surface area contributed by atoms with Crippen molar-refractivity contribution in [1.29, 1.82) is 0 Å². The molecule has 0 heterocycles. The third kappa shape index (κ3) is 2.09. The Hall–Kier alpha value is -1.30. The highest BCUT2D eigenvalue weighted by Gasteiger charge is 2.20. The predicted octanol–water partition coefficient (Wildman–Crippen LogP) is 5.13. The van der Waals surface area contributed by atoms with Gasteiger partial charge in [0, 0.05) is 2.74 Å². The number of hydrogen-bond donors (Lipinski definition) is 0. The Morgan fingerprint density at radius 1 is 0.941 bits per heavy atom. The van der Waals surface area contributed by atoms with Crippen molar-refractivity contribution in [2.75, 3.05) is 0 Å². The molecule has 0 radical (unpaired) electrons. The Kier molecular flexibility index (Phi) is 2.33. The van der Waals surface area contributed by atoms with Crippen LogP contribution in [0.3, 0.4) is 0 Å². The number of hydrogen-bond acceptors (Lipinski definition) is 0. The summed E-state index contributed by atoms with van der Waals surface area (Å²) in [5, 5.41) is 2.42. The molecule has 0 aromatic heterocycles. The van der Waals surface area contributed by atoms with Crippen LogP contribution >= 0.6 is 0 Å². The first-order chi connectivity index (χ1) is 9.00. The van der Waals surface area contributed by atoms with Crippen LogP contribution in [0.25, 0.3) is 10.8 Å². The molecule has 3 rings (SSSR count). The van der Waals surface area contributed by atoms with Crippen molar-refractivity contribution >= 4 is 10.8 Å². The molecule has 0 aliphatic heterocycles. The largest absolute Gasteiger partial charge is 0.0625 e. The molecule has 17 heavy (non-hydrogen) atoms. The van der Waals surface area contributed by atoms with Crippen molar-refractivity contribution in [2.24, 2.45) is 5.89 Å². The summed E-state index contributed by atoms with van der Waals surface area (Å²) >= 11 is 0. The summed E-state index contributed by atoms with van der Waals surface area (Å²) in [6, 6.07) is 14.6. The molecule has 0 unspecified atom stereocenters. The molecule has 0 bridgehead atoms. The second-order valence-electron chi connectivity index (χ2n) is 5.09. The molecule has 0 heteroatoms. The fourth-order valence-electron chi connectivity index (χ4n) is 2.78. The maximum atomic E-state index is 8.84. The highest BCUT2D eigenvalue weighted by molar-refractivity contribution is 5.86. The maximum Gasteiger partial charge on any atom is 0.0352 e. The van der Waals surface area contributed by atoms with E-state index in [1.807, 2.05) is 19.1 Å². The third-order valence-corrected chi connectivity index (χ3v) is 3.88. The van der Waals surface area contributed by atoms with E-state index in [9.17, 15) is 0 Å². The van der Waals surface area contributed by atoms with E-state index < -0.39 is 5.89 Å². The van der Waals surface area contributed by atoms with Crippen LogP contribution in [0.5, 0.6) is 0 Å². The van der Waals surface area contributed by atoms with Crippen LogP contribution in [0, 0.1) is 5.89 Å². The first-order valence-electron chi connectivity index (χ1n) is 7.49. The first-order valence-corrected chi connectivity index (χ1v) is 6.49. The van der Waals surface area contributed by atoms with Crippen molar-refractivity contribution in [3.05, 3.63) is 48.0 Å². The van der Waals surface area contributed by atoms with Gasteiger partial charge in [0.2, 0.25) is 0 Å². The topological polar surface area (TPSA) is 0 Å². The van der Waals surface area contributed by atoms with Crippen LogP contribution < -0.4 is 0 Å². The van der Waals surface area contributed by atoms with E-state index in [2.05, 4.69) is 30.3 Å². The molecule has 1 saturated carbocycles. The zero-order valence-corrected chi connectivity index (χ0v) is 10.4.